The van der Waals surface area contributed by atoms with Crippen LogP contribution in [0.1, 0.15) is 11.1 Å². The average molecular weight is 500 g/mol. The van der Waals surface area contributed by atoms with Gasteiger partial charge in [0.15, 0.2) is 0 Å². The van der Waals surface area contributed by atoms with Crippen molar-refractivity contribution in [2.75, 3.05) is 13.2 Å². The van der Waals surface area contributed by atoms with E-state index in [-0.39, 0.29) is 17.7 Å². The number of hydrogen-bond donors (Lipinski definition) is 0. The number of nitrogens with zero attached hydrogens (tertiary/aromatic N) is 1. The van der Waals surface area contributed by atoms with Gasteiger partial charge in [-0.1, -0.05) is 59.6 Å². The fourth-order valence-electron chi connectivity index (χ4n) is 3.13. The van der Waals surface area contributed by atoms with Gasteiger partial charge in [0.2, 0.25) is 0 Å². The molecule has 3 aromatic rings. The summed E-state index contributed by atoms with van der Waals surface area (Å²) in [5.41, 5.74) is 1.33. The quantitative estimate of drug-likeness (QED) is 0.255. The van der Waals surface area contributed by atoms with Crippen molar-refractivity contribution in [3.05, 3.63) is 98.9 Å². The third-order valence-corrected chi connectivity index (χ3v) is 6.41. The summed E-state index contributed by atoms with van der Waals surface area (Å²) in [6, 6.07) is 21.9. The highest BCUT2D eigenvalue weighted by Crippen LogP contribution is 2.35. The van der Waals surface area contributed by atoms with E-state index in [2.05, 4.69) is 0 Å². The molecule has 0 atom stereocenters. The molecule has 1 heterocycles. The lowest BCUT2D eigenvalue weighted by atomic mass is 10.2. The molecule has 1 saturated heterocycles. The van der Waals surface area contributed by atoms with Gasteiger partial charge in [0.1, 0.15) is 24.7 Å². The van der Waals surface area contributed by atoms with E-state index in [9.17, 15) is 9.59 Å². The number of imide groups is 1. The number of rotatable bonds is 8. The summed E-state index contributed by atoms with van der Waals surface area (Å²) >= 11 is 13.3. The van der Waals surface area contributed by atoms with Crippen LogP contribution in [-0.4, -0.2) is 29.3 Å². The second-order valence-corrected chi connectivity index (χ2v) is 8.85. The van der Waals surface area contributed by atoms with Crippen LogP contribution in [0.15, 0.2) is 77.7 Å². The number of carbonyl (C=O) groups is 2. The molecule has 2 amide bonds. The van der Waals surface area contributed by atoms with Crippen molar-refractivity contribution in [2.24, 2.45) is 0 Å². The Hall–Kier alpha value is -2.93. The molecule has 0 aliphatic carbocycles. The van der Waals surface area contributed by atoms with Gasteiger partial charge in [0.05, 0.1) is 11.4 Å². The van der Waals surface area contributed by atoms with E-state index in [4.69, 9.17) is 32.7 Å². The molecule has 0 radical (unpaired) electrons. The number of ether oxygens (including phenoxy) is 2. The molecule has 1 aliphatic heterocycles. The molecule has 168 valence electrons. The van der Waals surface area contributed by atoms with E-state index in [0.29, 0.717) is 39.5 Å². The van der Waals surface area contributed by atoms with Gasteiger partial charge in [-0.05, 0) is 59.8 Å². The molecule has 1 aliphatic rings. The van der Waals surface area contributed by atoms with Crippen molar-refractivity contribution >= 4 is 52.2 Å². The molecule has 5 nitrogen and oxygen atoms in total. The summed E-state index contributed by atoms with van der Waals surface area (Å²) in [6.07, 6.45) is 1.68. The SMILES string of the molecule is O=C1S/C(=C/c2ccc(OCCOc3ccccc3)cc2)C(=O)N1Cc1c(Cl)cccc1Cl. The van der Waals surface area contributed by atoms with E-state index < -0.39 is 0 Å². The lowest BCUT2D eigenvalue weighted by Crippen LogP contribution is -2.27. The monoisotopic (exact) mass is 499 g/mol. The molecular formula is C25H19Cl2NO4S. The maximum atomic E-state index is 12.8. The van der Waals surface area contributed by atoms with Crippen LogP contribution in [-0.2, 0) is 11.3 Å². The number of benzene rings is 3. The molecule has 0 aromatic heterocycles. The van der Waals surface area contributed by atoms with Crippen molar-refractivity contribution in [3.8, 4) is 11.5 Å². The Balaban J connectivity index is 1.34. The van der Waals surface area contributed by atoms with Crippen molar-refractivity contribution in [1.82, 2.24) is 4.90 Å². The number of amides is 2. The van der Waals surface area contributed by atoms with Gasteiger partial charge >= 0.3 is 0 Å². The molecule has 0 N–H and O–H groups in total. The predicted molar refractivity (Wildman–Crippen MR) is 132 cm³/mol. The lowest BCUT2D eigenvalue weighted by Gasteiger charge is -2.14. The molecule has 3 aromatic carbocycles. The number of carbonyl (C=O) groups excluding carboxylic acids is 2. The van der Waals surface area contributed by atoms with E-state index in [1.807, 2.05) is 54.6 Å². The van der Waals surface area contributed by atoms with E-state index in [0.717, 1.165) is 28.0 Å². The van der Waals surface area contributed by atoms with Crippen LogP contribution in [0.2, 0.25) is 10.0 Å². The van der Waals surface area contributed by atoms with Gasteiger partial charge < -0.3 is 9.47 Å². The second kappa shape index (κ2) is 10.8. The number of thioether (sulfide) groups is 1. The maximum Gasteiger partial charge on any atom is 0.293 e. The molecule has 8 heteroatoms. The van der Waals surface area contributed by atoms with Crippen molar-refractivity contribution in [2.45, 2.75) is 6.54 Å². The Morgan fingerprint density at radius 1 is 0.788 bits per heavy atom. The fraction of sp³-hybridized carbons (Fsp3) is 0.120. The highest BCUT2D eigenvalue weighted by molar-refractivity contribution is 8.18. The summed E-state index contributed by atoms with van der Waals surface area (Å²) in [4.78, 5) is 26.7. The largest absolute Gasteiger partial charge is 0.490 e. The number of hydrogen-bond acceptors (Lipinski definition) is 5. The van der Waals surface area contributed by atoms with Crippen molar-refractivity contribution < 1.29 is 19.1 Å². The maximum absolute atomic E-state index is 12.8. The minimum absolute atomic E-state index is 0.0261. The van der Waals surface area contributed by atoms with Gasteiger partial charge in [-0.25, -0.2) is 0 Å². The molecule has 0 spiro atoms. The van der Waals surface area contributed by atoms with Crippen LogP contribution in [0.5, 0.6) is 11.5 Å². The van der Waals surface area contributed by atoms with Crippen LogP contribution in [0.4, 0.5) is 4.79 Å². The van der Waals surface area contributed by atoms with Gasteiger partial charge in [-0.2, -0.15) is 0 Å². The third kappa shape index (κ3) is 5.90. The van der Waals surface area contributed by atoms with Crippen LogP contribution < -0.4 is 9.47 Å². The fourth-order valence-corrected chi connectivity index (χ4v) is 4.48. The predicted octanol–water partition coefficient (Wildman–Crippen LogP) is 6.69. The van der Waals surface area contributed by atoms with Gasteiger partial charge in [0.25, 0.3) is 11.1 Å². The topological polar surface area (TPSA) is 55.8 Å². The van der Waals surface area contributed by atoms with E-state index >= 15 is 0 Å². The number of halogens is 2. The molecular weight excluding hydrogens is 481 g/mol. The van der Waals surface area contributed by atoms with Crippen LogP contribution >= 0.6 is 35.0 Å². The lowest BCUT2D eigenvalue weighted by molar-refractivity contribution is -0.123. The Bertz CT molecular complexity index is 1160. The molecule has 0 unspecified atom stereocenters. The normalized spacial score (nSPS) is 14.7. The van der Waals surface area contributed by atoms with Crippen LogP contribution in [0.25, 0.3) is 6.08 Å². The molecule has 4 rings (SSSR count). The zero-order chi connectivity index (χ0) is 23.2. The van der Waals surface area contributed by atoms with Crippen LogP contribution in [0, 0.1) is 0 Å². The van der Waals surface area contributed by atoms with Crippen molar-refractivity contribution in [3.63, 3.8) is 0 Å². The highest BCUT2D eigenvalue weighted by Gasteiger charge is 2.35. The standard InChI is InChI=1S/C25H19Cl2NO4S/c26-21-7-4-8-22(27)20(21)16-28-24(29)23(33-25(28)30)15-17-9-11-19(12-10-17)32-14-13-31-18-5-2-1-3-6-18/h1-12,15H,13-14,16H2/b23-15+. The van der Waals surface area contributed by atoms with Gasteiger partial charge in [-0.3, -0.25) is 14.5 Å². The smallest absolute Gasteiger partial charge is 0.293 e. The molecule has 33 heavy (non-hydrogen) atoms. The first-order valence-corrected chi connectivity index (χ1v) is 11.7. The zero-order valence-corrected chi connectivity index (χ0v) is 19.7. The Labute approximate surface area is 205 Å². The molecule has 0 bridgehead atoms. The molecule has 1 fully saturated rings. The summed E-state index contributed by atoms with van der Waals surface area (Å²) in [5.74, 6) is 1.10. The second-order valence-electron chi connectivity index (χ2n) is 7.05. The van der Waals surface area contributed by atoms with Crippen LogP contribution in [0.3, 0.4) is 0 Å². The number of para-hydroxylation sites is 1. The molecule has 0 saturated carbocycles. The Kier molecular flexibility index (Phi) is 7.60. The first-order valence-electron chi connectivity index (χ1n) is 10.1. The summed E-state index contributed by atoms with van der Waals surface area (Å²) in [7, 11) is 0. The Morgan fingerprint density at radius 3 is 2.03 bits per heavy atom. The van der Waals surface area contributed by atoms with Crippen molar-refractivity contribution in [1.29, 1.82) is 0 Å². The van der Waals surface area contributed by atoms with Gasteiger partial charge in [-0.15, -0.1) is 0 Å². The summed E-state index contributed by atoms with van der Waals surface area (Å²) < 4.78 is 11.3. The zero-order valence-electron chi connectivity index (χ0n) is 17.4. The van der Waals surface area contributed by atoms with E-state index in [1.165, 1.54) is 0 Å². The van der Waals surface area contributed by atoms with Gasteiger partial charge in [0, 0.05) is 15.6 Å². The summed E-state index contributed by atoms with van der Waals surface area (Å²) in [6.45, 7) is 0.852. The highest BCUT2D eigenvalue weighted by atomic mass is 35.5. The first-order chi connectivity index (χ1) is 16.0. The minimum Gasteiger partial charge on any atom is -0.490 e. The average Bonchev–Trinajstić information content (AvgIpc) is 3.08. The van der Waals surface area contributed by atoms with E-state index in [1.54, 1.807) is 24.3 Å². The first kappa shape index (κ1) is 23.2. The Morgan fingerprint density at radius 2 is 1.39 bits per heavy atom. The third-order valence-electron chi connectivity index (χ3n) is 4.79. The minimum atomic E-state index is -0.376. The summed E-state index contributed by atoms with van der Waals surface area (Å²) in [5, 5.41) is 0.464.